The minimum Gasteiger partial charge on any atom is -0.438 e. The maximum atomic E-state index is 6.47. The van der Waals surface area contributed by atoms with Gasteiger partial charge in [0.15, 0.2) is 0 Å². The predicted octanol–water partition coefficient (Wildman–Crippen LogP) is 6.77. The zero-order valence-electron chi connectivity index (χ0n) is 22.9. The molecule has 6 nitrogen and oxygen atoms in total. The average molecular weight is 488 g/mol. The number of hydrogen-bond donors (Lipinski definition) is 2. The van der Waals surface area contributed by atoms with E-state index in [1.54, 1.807) is 6.20 Å². The molecule has 0 bridgehead atoms. The molecule has 2 atom stereocenters. The summed E-state index contributed by atoms with van der Waals surface area (Å²) in [6, 6.07) is 9.12. The Kier molecular flexibility index (Phi) is 8.14. The molecule has 192 valence electrons. The standard InChI is InChI=1S/C23H32N2O.C7H9N3/c1-8-19(7)25-10-9-15(3)21-20(25)13-18(6)24-23(21)26-22-16(4)11-14(2)12-17(22)5;1-2-8-3-6-4-9-5-10-7(1)6/h11-13,15,19H,8-10H2,1-7H3;1-3,9-10H,4-5H2. The molecule has 0 amide bonds. The van der Waals surface area contributed by atoms with E-state index in [1.807, 2.05) is 12.3 Å². The van der Waals surface area contributed by atoms with Gasteiger partial charge in [-0.3, -0.25) is 10.3 Å². The van der Waals surface area contributed by atoms with Gasteiger partial charge in [0.1, 0.15) is 5.75 Å². The van der Waals surface area contributed by atoms with Crippen molar-refractivity contribution in [3.05, 3.63) is 70.2 Å². The number of nitrogens with zero attached hydrogens (tertiary/aromatic N) is 3. The number of rotatable bonds is 4. The van der Waals surface area contributed by atoms with Crippen LogP contribution in [-0.4, -0.2) is 29.2 Å². The molecule has 2 aliphatic rings. The second-order valence-corrected chi connectivity index (χ2v) is 10.3. The molecule has 6 heteroatoms. The van der Waals surface area contributed by atoms with Gasteiger partial charge in [-0.1, -0.05) is 31.5 Å². The molecule has 0 saturated heterocycles. The Balaban J connectivity index is 0.000000251. The van der Waals surface area contributed by atoms with Crippen molar-refractivity contribution < 1.29 is 4.74 Å². The first kappa shape index (κ1) is 26.0. The highest BCUT2D eigenvalue weighted by molar-refractivity contribution is 5.63. The van der Waals surface area contributed by atoms with Crippen molar-refractivity contribution in [1.29, 1.82) is 0 Å². The normalized spacial score (nSPS) is 17.2. The second-order valence-electron chi connectivity index (χ2n) is 10.3. The van der Waals surface area contributed by atoms with Crippen molar-refractivity contribution in [3.63, 3.8) is 0 Å². The smallest absolute Gasteiger partial charge is 0.225 e. The molecule has 2 aliphatic heterocycles. The third-order valence-corrected chi connectivity index (χ3v) is 7.28. The van der Waals surface area contributed by atoms with Gasteiger partial charge >= 0.3 is 0 Å². The minimum atomic E-state index is 0.458. The lowest BCUT2D eigenvalue weighted by atomic mass is 9.91. The van der Waals surface area contributed by atoms with Gasteiger partial charge < -0.3 is 15.0 Å². The summed E-state index contributed by atoms with van der Waals surface area (Å²) >= 11 is 0. The Morgan fingerprint density at radius 3 is 2.58 bits per heavy atom. The first-order valence-electron chi connectivity index (χ1n) is 13.2. The predicted molar refractivity (Wildman–Crippen MR) is 149 cm³/mol. The number of fused-ring (bicyclic) bond motifs is 2. The molecule has 0 fully saturated rings. The Bertz CT molecular complexity index is 1160. The van der Waals surface area contributed by atoms with E-state index in [2.05, 4.69) is 87.2 Å². The van der Waals surface area contributed by atoms with Gasteiger partial charge in [0, 0.05) is 59.7 Å². The van der Waals surface area contributed by atoms with Crippen LogP contribution in [0.5, 0.6) is 11.6 Å². The molecule has 0 radical (unpaired) electrons. The highest BCUT2D eigenvalue weighted by Gasteiger charge is 2.29. The van der Waals surface area contributed by atoms with E-state index < -0.39 is 0 Å². The number of hydrogen-bond acceptors (Lipinski definition) is 6. The van der Waals surface area contributed by atoms with Crippen molar-refractivity contribution in [2.75, 3.05) is 23.4 Å². The minimum absolute atomic E-state index is 0.458. The van der Waals surface area contributed by atoms with Gasteiger partial charge in [0.2, 0.25) is 5.88 Å². The Morgan fingerprint density at radius 1 is 1.14 bits per heavy atom. The van der Waals surface area contributed by atoms with Crippen molar-refractivity contribution >= 4 is 11.4 Å². The number of pyridine rings is 2. The van der Waals surface area contributed by atoms with Crippen LogP contribution in [0.4, 0.5) is 11.4 Å². The molecule has 5 rings (SSSR count). The first-order chi connectivity index (χ1) is 17.3. The third-order valence-electron chi connectivity index (χ3n) is 7.28. The average Bonchev–Trinajstić information content (AvgIpc) is 2.86. The summed E-state index contributed by atoms with van der Waals surface area (Å²) in [7, 11) is 0. The maximum Gasteiger partial charge on any atom is 0.225 e. The molecular formula is C30H41N5O. The fourth-order valence-corrected chi connectivity index (χ4v) is 5.21. The van der Waals surface area contributed by atoms with Gasteiger partial charge in [-0.2, -0.15) is 0 Å². The van der Waals surface area contributed by atoms with Crippen LogP contribution in [0.1, 0.15) is 73.0 Å². The van der Waals surface area contributed by atoms with E-state index in [-0.39, 0.29) is 0 Å². The lowest BCUT2D eigenvalue weighted by Gasteiger charge is -2.39. The van der Waals surface area contributed by atoms with Crippen LogP contribution in [-0.2, 0) is 6.54 Å². The number of aromatic nitrogens is 2. The fraction of sp³-hybridized carbons (Fsp3) is 0.467. The molecule has 0 saturated carbocycles. The molecular weight excluding hydrogens is 446 g/mol. The van der Waals surface area contributed by atoms with Crippen LogP contribution >= 0.6 is 0 Å². The maximum absolute atomic E-state index is 6.47. The van der Waals surface area contributed by atoms with E-state index in [1.165, 1.54) is 39.2 Å². The molecule has 2 unspecified atom stereocenters. The second kappa shape index (κ2) is 11.3. The summed E-state index contributed by atoms with van der Waals surface area (Å²) < 4.78 is 6.47. The molecule has 0 spiro atoms. The summed E-state index contributed by atoms with van der Waals surface area (Å²) in [5.74, 6) is 2.19. The molecule has 2 N–H and O–H groups in total. The first-order valence-corrected chi connectivity index (χ1v) is 13.2. The van der Waals surface area contributed by atoms with Crippen LogP contribution in [0.3, 0.4) is 0 Å². The van der Waals surface area contributed by atoms with Crippen molar-refractivity contribution in [1.82, 2.24) is 15.3 Å². The third kappa shape index (κ3) is 5.65. The van der Waals surface area contributed by atoms with Crippen molar-refractivity contribution in [2.24, 2.45) is 0 Å². The molecule has 4 heterocycles. The van der Waals surface area contributed by atoms with E-state index in [4.69, 9.17) is 9.72 Å². The van der Waals surface area contributed by atoms with Crippen molar-refractivity contribution in [2.45, 2.75) is 79.8 Å². The Hall–Kier alpha value is -3.12. The van der Waals surface area contributed by atoms with Crippen molar-refractivity contribution in [3.8, 4) is 11.6 Å². The fourth-order valence-electron chi connectivity index (χ4n) is 5.21. The summed E-state index contributed by atoms with van der Waals surface area (Å²) in [6.07, 6.45) is 5.97. The Labute approximate surface area is 216 Å². The number of aryl methyl sites for hydroxylation is 4. The molecule has 3 aromatic rings. The van der Waals surface area contributed by atoms with Gasteiger partial charge in [0.05, 0.1) is 6.67 Å². The quantitative estimate of drug-likeness (QED) is 0.423. The van der Waals surface area contributed by atoms with Gasteiger partial charge in [-0.15, -0.1) is 0 Å². The lowest BCUT2D eigenvalue weighted by Crippen LogP contribution is -2.38. The van der Waals surface area contributed by atoms with E-state index in [0.29, 0.717) is 12.0 Å². The zero-order chi connectivity index (χ0) is 25.8. The van der Waals surface area contributed by atoms with Crippen LogP contribution in [0.25, 0.3) is 0 Å². The highest BCUT2D eigenvalue weighted by atomic mass is 16.5. The number of ether oxygens (including phenoxy) is 1. The summed E-state index contributed by atoms with van der Waals surface area (Å²) in [5, 5.41) is 6.40. The topological polar surface area (TPSA) is 62.3 Å². The van der Waals surface area contributed by atoms with E-state index in [9.17, 15) is 0 Å². The zero-order valence-corrected chi connectivity index (χ0v) is 22.9. The summed E-state index contributed by atoms with van der Waals surface area (Å²) in [4.78, 5) is 11.4. The number of nitrogens with one attached hydrogen (secondary N) is 2. The lowest BCUT2D eigenvalue weighted by molar-refractivity contribution is 0.434. The number of anilines is 2. The van der Waals surface area contributed by atoms with Gasteiger partial charge in [0.25, 0.3) is 0 Å². The van der Waals surface area contributed by atoms with Crippen LogP contribution < -0.4 is 20.3 Å². The molecule has 0 aliphatic carbocycles. The largest absolute Gasteiger partial charge is 0.438 e. The molecule has 1 aromatic carbocycles. The SMILES string of the molecule is CCC(C)N1CCC(C)c2c1cc(C)nc2Oc1c(C)cc(C)cc1C.c1cc2c(cn1)CNCN2. The van der Waals surface area contributed by atoms with Gasteiger partial charge in [-0.05, 0) is 76.6 Å². The molecule has 36 heavy (non-hydrogen) atoms. The Morgan fingerprint density at radius 2 is 1.89 bits per heavy atom. The van der Waals surface area contributed by atoms with Gasteiger partial charge in [-0.25, -0.2) is 4.98 Å². The highest BCUT2D eigenvalue weighted by Crippen LogP contribution is 2.43. The monoisotopic (exact) mass is 487 g/mol. The van der Waals surface area contributed by atoms with Crippen LogP contribution in [0.15, 0.2) is 36.7 Å². The van der Waals surface area contributed by atoms with Crippen LogP contribution in [0, 0.1) is 27.7 Å². The number of benzene rings is 1. The van der Waals surface area contributed by atoms with E-state index >= 15 is 0 Å². The summed E-state index contributed by atoms with van der Waals surface area (Å²) in [5.41, 5.74) is 9.64. The summed E-state index contributed by atoms with van der Waals surface area (Å²) in [6.45, 7) is 18.2. The molecule has 2 aromatic heterocycles. The van der Waals surface area contributed by atoms with Crippen LogP contribution in [0.2, 0.25) is 0 Å². The van der Waals surface area contributed by atoms with E-state index in [0.717, 1.165) is 49.9 Å².